The predicted octanol–water partition coefficient (Wildman–Crippen LogP) is 3.16. The van der Waals surface area contributed by atoms with Crippen LogP contribution in [0.3, 0.4) is 0 Å². The van der Waals surface area contributed by atoms with E-state index in [0.717, 1.165) is 22.5 Å². The number of carbonyl (C=O) groups excluding carboxylic acids is 2. The maximum absolute atomic E-state index is 12.8. The summed E-state index contributed by atoms with van der Waals surface area (Å²) in [6, 6.07) is 13.3. The molecule has 2 aromatic rings. The number of rotatable bonds is 3. The fourth-order valence-electron chi connectivity index (χ4n) is 2.76. The molecule has 0 spiro atoms. The van der Waals surface area contributed by atoms with E-state index in [-0.39, 0.29) is 11.8 Å². The number of benzene rings is 2. The first-order valence-corrected chi connectivity index (χ1v) is 7.40. The smallest absolute Gasteiger partial charge is 0.258 e. The lowest BCUT2D eigenvalue weighted by Gasteiger charge is -2.22. The lowest BCUT2D eigenvalue weighted by atomic mass is 10.1. The molecule has 0 aliphatic carbocycles. The van der Waals surface area contributed by atoms with Gasteiger partial charge < -0.3 is 10.2 Å². The highest BCUT2D eigenvalue weighted by Gasteiger charge is 2.21. The minimum atomic E-state index is -0.0461. The number of fused-ring (bicyclic) bond motifs is 1. The van der Waals surface area contributed by atoms with Crippen LogP contribution in [-0.2, 0) is 11.2 Å². The average molecular weight is 294 g/mol. The van der Waals surface area contributed by atoms with E-state index in [9.17, 15) is 9.59 Å². The van der Waals surface area contributed by atoms with Crippen LogP contribution in [0.2, 0.25) is 0 Å². The van der Waals surface area contributed by atoms with Crippen molar-refractivity contribution in [2.45, 2.75) is 20.3 Å². The van der Waals surface area contributed by atoms with Crippen LogP contribution in [0.25, 0.3) is 0 Å². The maximum atomic E-state index is 12.8. The van der Waals surface area contributed by atoms with Gasteiger partial charge in [0.1, 0.15) is 0 Å². The molecule has 4 nitrogen and oxygen atoms in total. The molecule has 0 unspecified atom stereocenters. The van der Waals surface area contributed by atoms with Gasteiger partial charge in [0.25, 0.3) is 5.91 Å². The molecule has 112 valence electrons. The maximum Gasteiger partial charge on any atom is 0.258 e. The number of nitrogens with one attached hydrogen (secondary N) is 1. The van der Waals surface area contributed by atoms with E-state index in [1.807, 2.05) is 44.2 Å². The fraction of sp³-hybridized carbons (Fsp3) is 0.222. The van der Waals surface area contributed by atoms with Gasteiger partial charge in [-0.2, -0.15) is 0 Å². The minimum absolute atomic E-state index is 0.0226. The van der Waals surface area contributed by atoms with Crippen LogP contribution in [0.1, 0.15) is 28.4 Å². The quantitative estimate of drug-likeness (QED) is 0.945. The van der Waals surface area contributed by atoms with Crippen LogP contribution >= 0.6 is 0 Å². The zero-order valence-electron chi connectivity index (χ0n) is 12.7. The highest BCUT2D eigenvalue weighted by atomic mass is 16.2. The van der Waals surface area contributed by atoms with E-state index in [1.54, 1.807) is 17.0 Å². The summed E-state index contributed by atoms with van der Waals surface area (Å²) >= 11 is 0. The van der Waals surface area contributed by atoms with E-state index >= 15 is 0 Å². The SMILES string of the molecule is CCN(C(=O)c1ccc2c(c1)CC(=O)N2)c1cccc(C)c1. The fourth-order valence-corrected chi connectivity index (χ4v) is 2.76. The molecule has 4 heteroatoms. The van der Waals surface area contributed by atoms with Gasteiger partial charge in [-0.05, 0) is 55.3 Å². The number of anilines is 2. The van der Waals surface area contributed by atoms with Gasteiger partial charge in [0.2, 0.25) is 5.91 Å². The molecule has 1 N–H and O–H groups in total. The first-order chi connectivity index (χ1) is 10.6. The summed E-state index contributed by atoms with van der Waals surface area (Å²) in [4.78, 5) is 26.0. The number of nitrogens with zero attached hydrogens (tertiary/aromatic N) is 1. The molecule has 0 radical (unpaired) electrons. The molecular formula is C18H18N2O2. The molecular weight excluding hydrogens is 276 g/mol. The number of hydrogen-bond acceptors (Lipinski definition) is 2. The summed E-state index contributed by atoms with van der Waals surface area (Å²) < 4.78 is 0. The van der Waals surface area contributed by atoms with Crippen molar-refractivity contribution in [3.8, 4) is 0 Å². The topological polar surface area (TPSA) is 49.4 Å². The van der Waals surface area contributed by atoms with Gasteiger partial charge in [-0.15, -0.1) is 0 Å². The summed E-state index contributed by atoms with van der Waals surface area (Å²) in [6.07, 6.45) is 0.340. The van der Waals surface area contributed by atoms with Gasteiger partial charge >= 0.3 is 0 Å². The van der Waals surface area contributed by atoms with E-state index in [4.69, 9.17) is 0 Å². The van der Waals surface area contributed by atoms with Gasteiger partial charge in [0.05, 0.1) is 6.42 Å². The monoisotopic (exact) mass is 294 g/mol. The van der Waals surface area contributed by atoms with Crippen LogP contribution in [-0.4, -0.2) is 18.4 Å². The Kier molecular flexibility index (Phi) is 3.67. The van der Waals surface area contributed by atoms with Gasteiger partial charge in [-0.1, -0.05) is 12.1 Å². The van der Waals surface area contributed by atoms with E-state index in [0.29, 0.717) is 18.5 Å². The number of amides is 2. The van der Waals surface area contributed by atoms with E-state index in [2.05, 4.69) is 5.32 Å². The largest absolute Gasteiger partial charge is 0.326 e. The number of carbonyl (C=O) groups is 2. The summed E-state index contributed by atoms with van der Waals surface area (Å²) in [7, 11) is 0. The Hall–Kier alpha value is -2.62. The normalized spacial score (nSPS) is 12.7. The van der Waals surface area contributed by atoms with Crippen molar-refractivity contribution in [1.29, 1.82) is 0 Å². The van der Waals surface area contributed by atoms with Crippen molar-refractivity contribution in [3.05, 3.63) is 59.2 Å². The van der Waals surface area contributed by atoms with E-state index in [1.165, 1.54) is 0 Å². The molecule has 0 aromatic heterocycles. The Bertz CT molecular complexity index is 753. The molecule has 0 fully saturated rings. The summed E-state index contributed by atoms with van der Waals surface area (Å²) in [6.45, 7) is 4.56. The van der Waals surface area contributed by atoms with Crippen molar-refractivity contribution >= 4 is 23.2 Å². The summed E-state index contributed by atoms with van der Waals surface area (Å²) in [5, 5.41) is 2.78. The predicted molar refractivity (Wildman–Crippen MR) is 87.3 cm³/mol. The van der Waals surface area contributed by atoms with Crippen molar-refractivity contribution in [2.24, 2.45) is 0 Å². The molecule has 2 amide bonds. The molecule has 0 saturated carbocycles. The first kappa shape index (κ1) is 14.3. The third-order valence-corrected chi connectivity index (χ3v) is 3.85. The second-order valence-electron chi connectivity index (χ2n) is 5.49. The van der Waals surface area contributed by atoms with Gasteiger partial charge in [0.15, 0.2) is 0 Å². The Morgan fingerprint density at radius 1 is 1.23 bits per heavy atom. The molecule has 3 rings (SSSR count). The Morgan fingerprint density at radius 2 is 2.05 bits per heavy atom. The third kappa shape index (κ3) is 2.60. The zero-order chi connectivity index (χ0) is 15.7. The molecule has 22 heavy (non-hydrogen) atoms. The van der Waals surface area contributed by atoms with Gasteiger partial charge in [-0.3, -0.25) is 9.59 Å². The van der Waals surface area contributed by atoms with Crippen molar-refractivity contribution in [1.82, 2.24) is 0 Å². The number of aryl methyl sites for hydroxylation is 1. The highest BCUT2D eigenvalue weighted by molar-refractivity contribution is 6.07. The summed E-state index contributed by atoms with van der Waals surface area (Å²) in [5.74, 6) is -0.0686. The molecule has 0 atom stereocenters. The van der Waals surface area contributed by atoms with Crippen molar-refractivity contribution in [3.63, 3.8) is 0 Å². The molecule has 2 aromatic carbocycles. The van der Waals surface area contributed by atoms with Crippen LogP contribution in [0.5, 0.6) is 0 Å². The lowest BCUT2D eigenvalue weighted by Crippen LogP contribution is -2.30. The first-order valence-electron chi connectivity index (χ1n) is 7.40. The zero-order valence-corrected chi connectivity index (χ0v) is 12.7. The Balaban J connectivity index is 1.92. The molecule has 0 bridgehead atoms. The molecule has 0 saturated heterocycles. The second-order valence-corrected chi connectivity index (χ2v) is 5.49. The van der Waals surface area contributed by atoms with E-state index < -0.39 is 0 Å². The second kappa shape index (κ2) is 5.64. The summed E-state index contributed by atoms with van der Waals surface area (Å²) in [5.41, 5.74) is 4.31. The average Bonchev–Trinajstić information content (AvgIpc) is 2.87. The standard InChI is InChI=1S/C18H18N2O2/c1-3-20(15-6-4-5-12(2)9-15)18(22)13-7-8-16-14(10-13)11-17(21)19-16/h4-10H,3,11H2,1-2H3,(H,19,21). The minimum Gasteiger partial charge on any atom is -0.326 e. The highest BCUT2D eigenvalue weighted by Crippen LogP contribution is 2.25. The third-order valence-electron chi connectivity index (χ3n) is 3.85. The molecule has 1 heterocycles. The van der Waals surface area contributed by atoms with Gasteiger partial charge in [-0.25, -0.2) is 0 Å². The molecule has 1 aliphatic heterocycles. The van der Waals surface area contributed by atoms with Crippen LogP contribution < -0.4 is 10.2 Å². The van der Waals surface area contributed by atoms with Crippen molar-refractivity contribution < 1.29 is 9.59 Å². The Labute approximate surface area is 129 Å². The van der Waals surface area contributed by atoms with Crippen LogP contribution in [0, 0.1) is 6.92 Å². The molecule has 1 aliphatic rings. The van der Waals surface area contributed by atoms with Crippen LogP contribution in [0.4, 0.5) is 11.4 Å². The number of hydrogen-bond donors (Lipinski definition) is 1. The lowest BCUT2D eigenvalue weighted by molar-refractivity contribution is -0.115. The Morgan fingerprint density at radius 3 is 2.77 bits per heavy atom. The van der Waals surface area contributed by atoms with Crippen molar-refractivity contribution in [2.75, 3.05) is 16.8 Å². The van der Waals surface area contributed by atoms with Gasteiger partial charge in [0, 0.05) is 23.5 Å². The van der Waals surface area contributed by atoms with Crippen LogP contribution in [0.15, 0.2) is 42.5 Å².